The van der Waals surface area contributed by atoms with Crippen LogP contribution in [0.2, 0.25) is 0 Å². The summed E-state index contributed by atoms with van der Waals surface area (Å²) < 4.78 is 1.22. The molecule has 0 saturated heterocycles. The summed E-state index contributed by atoms with van der Waals surface area (Å²) in [6.45, 7) is 3.23. The molecule has 0 spiro atoms. The SMILES string of the molecule is CCCCCCCNc1cc(N2c3ccccc3N(C)c3ccccc32)ccc1-c1nc2ccccc2s1. The highest BCUT2D eigenvalue weighted by atomic mass is 32.1. The molecule has 0 unspecified atom stereocenters. The first-order chi connectivity index (χ1) is 18.7. The summed E-state index contributed by atoms with van der Waals surface area (Å²) in [7, 11) is 2.15. The lowest BCUT2D eigenvalue weighted by Gasteiger charge is -2.38. The number of nitrogens with zero attached hydrogens (tertiary/aromatic N) is 3. The topological polar surface area (TPSA) is 31.4 Å². The Morgan fingerprint density at radius 1 is 0.737 bits per heavy atom. The maximum absolute atomic E-state index is 4.99. The smallest absolute Gasteiger partial charge is 0.126 e. The summed E-state index contributed by atoms with van der Waals surface area (Å²) in [6, 6.07) is 32.5. The molecule has 0 atom stereocenters. The van der Waals surface area contributed by atoms with Crippen LogP contribution in [0.25, 0.3) is 20.8 Å². The van der Waals surface area contributed by atoms with Gasteiger partial charge in [0.05, 0.1) is 33.0 Å². The molecule has 0 amide bonds. The largest absolute Gasteiger partial charge is 0.384 e. The quantitative estimate of drug-likeness (QED) is 0.197. The van der Waals surface area contributed by atoms with Crippen molar-refractivity contribution in [2.24, 2.45) is 0 Å². The van der Waals surface area contributed by atoms with Crippen LogP contribution >= 0.6 is 11.3 Å². The van der Waals surface area contributed by atoms with Crippen molar-refractivity contribution in [3.05, 3.63) is 91.0 Å². The second-order valence-corrected chi connectivity index (χ2v) is 11.0. The summed E-state index contributed by atoms with van der Waals surface area (Å²) in [5, 5.41) is 4.86. The third-order valence-corrected chi connectivity index (χ3v) is 8.42. The average molecular weight is 519 g/mol. The zero-order valence-corrected chi connectivity index (χ0v) is 23.0. The van der Waals surface area contributed by atoms with Gasteiger partial charge in [-0.05, 0) is 61.0 Å². The Kier molecular flexibility index (Phi) is 7.02. The average Bonchev–Trinajstić information content (AvgIpc) is 3.39. The van der Waals surface area contributed by atoms with Gasteiger partial charge in [-0.2, -0.15) is 0 Å². The van der Waals surface area contributed by atoms with Gasteiger partial charge in [0.2, 0.25) is 0 Å². The Balaban J connectivity index is 1.41. The van der Waals surface area contributed by atoms with E-state index >= 15 is 0 Å². The van der Waals surface area contributed by atoms with Crippen molar-refractivity contribution >= 4 is 55.7 Å². The summed E-state index contributed by atoms with van der Waals surface area (Å²) in [5.74, 6) is 0. The molecule has 0 bridgehead atoms. The van der Waals surface area contributed by atoms with E-state index in [1.807, 2.05) is 0 Å². The van der Waals surface area contributed by atoms with Crippen LogP contribution in [0.4, 0.5) is 34.1 Å². The number of anilines is 6. The fourth-order valence-corrected chi connectivity index (χ4v) is 6.36. The van der Waals surface area contributed by atoms with Gasteiger partial charge >= 0.3 is 0 Å². The third kappa shape index (κ3) is 4.63. The van der Waals surface area contributed by atoms with Gasteiger partial charge in [-0.1, -0.05) is 69.0 Å². The highest BCUT2D eigenvalue weighted by molar-refractivity contribution is 7.21. The maximum atomic E-state index is 4.99. The lowest BCUT2D eigenvalue weighted by atomic mass is 10.0. The van der Waals surface area contributed by atoms with Gasteiger partial charge in [-0.3, -0.25) is 0 Å². The van der Waals surface area contributed by atoms with Gasteiger partial charge in [-0.15, -0.1) is 11.3 Å². The predicted octanol–water partition coefficient (Wildman–Crippen LogP) is 9.90. The summed E-state index contributed by atoms with van der Waals surface area (Å²) >= 11 is 1.76. The van der Waals surface area contributed by atoms with Crippen LogP contribution in [0.15, 0.2) is 91.0 Å². The number of hydrogen-bond donors (Lipinski definition) is 1. The minimum absolute atomic E-state index is 0.959. The first-order valence-electron chi connectivity index (χ1n) is 13.7. The Bertz CT molecular complexity index is 1480. The van der Waals surface area contributed by atoms with Gasteiger partial charge in [0.1, 0.15) is 5.01 Å². The molecule has 0 aliphatic carbocycles. The highest BCUT2D eigenvalue weighted by Crippen LogP contribution is 2.51. The molecule has 1 aliphatic heterocycles. The zero-order valence-electron chi connectivity index (χ0n) is 22.2. The van der Waals surface area contributed by atoms with E-state index < -0.39 is 0 Å². The number of benzene rings is 4. The van der Waals surface area contributed by atoms with Crippen LogP contribution in [0, 0.1) is 0 Å². The lowest BCUT2D eigenvalue weighted by Crippen LogP contribution is -2.24. The molecule has 0 radical (unpaired) electrons. The lowest BCUT2D eigenvalue weighted by molar-refractivity contribution is 0.645. The van der Waals surface area contributed by atoms with E-state index in [9.17, 15) is 0 Å². The molecular formula is C33H34N4S. The summed E-state index contributed by atoms with van der Waals surface area (Å²) in [4.78, 5) is 9.67. The number of rotatable bonds is 9. The maximum Gasteiger partial charge on any atom is 0.126 e. The molecular weight excluding hydrogens is 484 g/mol. The number of thiazole rings is 1. The molecule has 0 saturated carbocycles. The molecule has 1 aromatic heterocycles. The monoisotopic (exact) mass is 518 g/mol. The molecule has 4 nitrogen and oxygen atoms in total. The highest BCUT2D eigenvalue weighted by Gasteiger charge is 2.27. The van der Waals surface area contributed by atoms with E-state index in [0.29, 0.717) is 0 Å². The van der Waals surface area contributed by atoms with Crippen molar-refractivity contribution < 1.29 is 0 Å². The molecule has 192 valence electrons. The standard InChI is InChI=1S/C33H34N4S/c1-3-4-5-6-13-22-34-27-23-24(20-21-25(27)33-35-26-14-7-12-19-32(26)38-33)37-30-17-10-8-15-28(30)36(2)29-16-9-11-18-31(29)37/h7-12,14-21,23,34H,3-6,13,22H2,1-2H3. The number of unbranched alkanes of at least 4 members (excludes halogenated alkanes) is 4. The molecule has 0 fully saturated rings. The number of nitrogens with one attached hydrogen (secondary N) is 1. The number of para-hydroxylation sites is 5. The van der Waals surface area contributed by atoms with Crippen LogP contribution in [-0.4, -0.2) is 18.6 Å². The fraction of sp³-hybridized carbons (Fsp3) is 0.242. The number of fused-ring (bicyclic) bond motifs is 3. The van der Waals surface area contributed by atoms with Crippen molar-refractivity contribution in [1.82, 2.24) is 4.98 Å². The van der Waals surface area contributed by atoms with Crippen molar-refractivity contribution in [3.63, 3.8) is 0 Å². The van der Waals surface area contributed by atoms with Crippen LogP contribution in [0.5, 0.6) is 0 Å². The zero-order chi connectivity index (χ0) is 25.9. The van der Waals surface area contributed by atoms with Gasteiger partial charge < -0.3 is 15.1 Å². The van der Waals surface area contributed by atoms with Crippen LogP contribution in [0.1, 0.15) is 39.0 Å². The predicted molar refractivity (Wildman–Crippen MR) is 165 cm³/mol. The fourth-order valence-electron chi connectivity index (χ4n) is 5.35. The van der Waals surface area contributed by atoms with Crippen molar-refractivity contribution in [2.45, 2.75) is 39.0 Å². The van der Waals surface area contributed by atoms with E-state index in [1.165, 1.54) is 65.1 Å². The van der Waals surface area contributed by atoms with Crippen LogP contribution < -0.4 is 15.1 Å². The molecule has 1 aliphatic rings. The second kappa shape index (κ2) is 10.9. The number of hydrogen-bond acceptors (Lipinski definition) is 5. The molecule has 2 heterocycles. The van der Waals surface area contributed by atoms with Gasteiger partial charge in [0.15, 0.2) is 0 Å². The summed E-state index contributed by atoms with van der Waals surface area (Å²) in [5.41, 5.74) is 9.29. The molecule has 38 heavy (non-hydrogen) atoms. The third-order valence-electron chi connectivity index (χ3n) is 7.35. The number of aromatic nitrogens is 1. The molecule has 5 aromatic rings. The van der Waals surface area contributed by atoms with Crippen LogP contribution in [-0.2, 0) is 0 Å². The first-order valence-corrected chi connectivity index (χ1v) is 14.5. The van der Waals surface area contributed by atoms with Crippen molar-refractivity contribution in [2.75, 3.05) is 28.7 Å². The molecule has 6 rings (SSSR count). The van der Waals surface area contributed by atoms with E-state index in [0.717, 1.165) is 28.4 Å². The van der Waals surface area contributed by atoms with E-state index in [4.69, 9.17) is 4.98 Å². The van der Waals surface area contributed by atoms with E-state index in [2.05, 4.69) is 120 Å². The second-order valence-electron chi connectivity index (χ2n) is 9.93. The first kappa shape index (κ1) is 24.5. The van der Waals surface area contributed by atoms with Gasteiger partial charge in [-0.25, -0.2) is 4.98 Å². The Morgan fingerprint density at radius 2 is 1.39 bits per heavy atom. The van der Waals surface area contributed by atoms with Gasteiger partial charge in [0.25, 0.3) is 0 Å². The molecule has 5 heteroatoms. The van der Waals surface area contributed by atoms with E-state index in [-0.39, 0.29) is 0 Å². The molecule has 1 N–H and O–H groups in total. The Morgan fingerprint density at radius 3 is 2.11 bits per heavy atom. The summed E-state index contributed by atoms with van der Waals surface area (Å²) in [6.07, 6.45) is 6.32. The minimum Gasteiger partial charge on any atom is -0.384 e. The Hall–Kier alpha value is -3.83. The van der Waals surface area contributed by atoms with Crippen molar-refractivity contribution in [1.29, 1.82) is 0 Å². The molecule has 4 aromatic carbocycles. The van der Waals surface area contributed by atoms with Gasteiger partial charge in [0, 0.05) is 30.5 Å². The Labute approximate surface area is 229 Å². The van der Waals surface area contributed by atoms with Crippen LogP contribution in [0.3, 0.4) is 0 Å². The minimum atomic E-state index is 0.959. The van der Waals surface area contributed by atoms with Crippen molar-refractivity contribution in [3.8, 4) is 10.6 Å². The normalized spacial score (nSPS) is 12.5. The van der Waals surface area contributed by atoms with E-state index in [1.54, 1.807) is 11.3 Å².